The molecular formula is C8H10N2O4S. The van der Waals surface area contributed by atoms with Gasteiger partial charge in [-0.3, -0.25) is 4.79 Å². The van der Waals surface area contributed by atoms with Gasteiger partial charge >= 0.3 is 0 Å². The second-order valence-electron chi connectivity index (χ2n) is 3.01. The summed E-state index contributed by atoms with van der Waals surface area (Å²) in [6, 6.07) is 0. The lowest BCUT2D eigenvalue weighted by molar-refractivity contribution is -0.0882. The Labute approximate surface area is 89.6 Å². The fraction of sp³-hybridized carbons (Fsp3) is 0.500. The molecule has 15 heavy (non-hydrogen) atoms. The number of nitrogens with zero attached hydrogens (tertiary/aromatic N) is 1. The first-order chi connectivity index (χ1) is 7.20. The fourth-order valence-corrected chi connectivity index (χ4v) is 2.06. The molecule has 0 spiro atoms. The summed E-state index contributed by atoms with van der Waals surface area (Å²) in [5, 5.41) is 11.0. The number of aromatic nitrogens is 1. The Hall–Kier alpha value is -1.02. The van der Waals surface area contributed by atoms with Crippen molar-refractivity contribution in [3.8, 4) is 0 Å². The van der Waals surface area contributed by atoms with E-state index < -0.39 is 12.2 Å². The Kier molecular flexibility index (Phi) is 2.96. The maximum Gasteiger partial charge on any atom is 0.268 e. The van der Waals surface area contributed by atoms with Gasteiger partial charge in [-0.1, -0.05) is 0 Å². The first-order valence-corrected chi connectivity index (χ1v) is 5.22. The first kappa shape index (κ1) is 10.5. The molecule has 0 bridgehead atoms. The van der Waals surface area contributed by atoms with Gasteiger partial charge in [0.05, 0.1) is 13.2 Å². The Bertz CT molecular complexity index is 367. The van der Waals surface area contributed by atoms with E-state index >= 15 is 0 Å². The number of hydrogen-bond donors (Lipinski definition) is 2. The minimum atomic E-state index is -0.601. The number of rotatable bonds is 3. The number of aliphatic hydroxyl groups is 1. The SMILES string of the molecule is NC(=O)c1csc([C@@H]2CO[C@H](CO)O2)n1. The number of ether oxygens (including phenoxy) is 2. The highest BCUT2D eigenvalue weighted by Crippen LogP contribution is 2.28. The summed E-state index contributed by atoms with van der Waals surface area (Å²) in [5.74, 6) is -0.560. The van der Waals surface area contributed by atoms with Crippen LogP contribution in [0.15, 0.2) is 5.38 Å². The molecule has 1 aliphatic heterocycles. The zero-order valence-electron chi connectivity index (χ0n) is 7.75. The predicted octanol–water partition coefficient (Wildman–Crippen LogP) is -0.352. The lowest BCUT2D eigenvalue weighted by Gasteiger charge is -2.05. The molecule has 1 saturated heterocycles. The van der Waals surface area contributed by atoms with Gasteiger partial charge in [0, 0.05) is 5.38 Å². The molecule has 2 atom stereocenters. The molecule has 0 unspecified atom stereocenters. The Balaban J connectivity index is 2.07. The molecule has 82 valence electrons. The molecular weight excluding hydrogens is 220 g/mol. The summed E-state index contributed by atoms with van der Waals surface area (Å²) >= 11 is 1.29. The lowest BCUT2D eigenvalue weighted by Crippen LogP contribution is -2.13. The highest BCUT2D eigenvalue weighted by molar-refractivity contribution is 7.09. The molecule has 0 saturated carbocycles. The van der Waals surface area contributed by atoms with Crippen LogP contribution in [-0.4, -0.2) is 35.5 Å². The van der Waals surface area contributed by atoms with Gasteiger partial charge < -0.3 is 20.3 Å². The highest BCUT2D eigenvalue weighted by atomic mass is 32.1. The molecule has 1 aromatic heterocycles. The van der Waals surface area contributed by atoms with Crippen LogP contribution in [0.25, 0.3) is 0 Å². The van der Waals surface area contributed by atoms with Crippen LogP contribution in [0, 0.1) is 0 Å². The van der Waals surface area contributed by atoms with Gasteiger partial charge in [-0.05, 0) is 0 Å². The van der Waals surface area contributed by atoms with E-state index in [4.69, 9.17) is 20.3 Å². The van der Waals surface area contributed by atoms with Crippen LogP contribution in [0.1, 0.15) is 21.6 Å². The highest BCUT2D eigenvalue weighted by Gasteiger charge is 2.29. The summed E-state index contributed by atoms with van der Waals surface area (Å²) < 4.78 is 10.4. The van der Waals surface area contributed by atoms with Crippen molar-refractivity contribution >= 4 is 17.2 Å². The smallest absolute Gasteiger partial charge is 0.268 e. The minimum absolute atomic E-state index is 0.190. The second-order valence-corrected chi connectivity index (χ2v) is 3.90. The summed E-state index contributed by atoms with van der Waals surface area (Å²) in [6.45, 7) is 0.140. The minimum Gasteiger partial charge on any atom is -0.391 e. The number of aliphatic hydroxyl groups excluding tert-OH is 1. The van der Waals surface area contributed by atoms with Crippen LogP contribution in [0.3, 0.4) is 0 Å². The average molecular weight is 230 g/mol. The van der Waals surface area contributed by atoms with E-state index in [1.165, 1.54) is 11.3 Å². The summed E-state index contributed by atoms with van der Waals surface area (Å²) in [7, 11) is 0. The van der Waals surface area contributed by atoms with Gasteiger partial charge in [0.25, 0.3) is 5.91 Å². The first-order valence-electron chi connectivity index (χ1n) is 4.34. The maximum atomic E-state index is 10.8. The van der Waals surface area contributed by atoms with Crippen LogP contribution < -0.4 is 5.73 Å². The lowest BCUT2D eigenvalue weighted by atomic mass is 10.4. The van der Waals surface area contributed by atoms with Crippen molar-refractivity contribution in [2.45, 2.75) is 12.4 Å². The zero-order chi connectivity index (χ0) is 10.8. The number of carbonyl (C=O) groups is 1. The zero-order valence-corrected chi connectivity index (χ0v) is 8.57. The number of thiazole rings is 1. The number of carbonyl (C=O) groups excluding carboxylic acids is 1. The molecule has 2 rings (SSSR count). The number of amides is 1. The van der Waals surface area contributed by atoms with Crippen molar-refractivity contribution in [1.82, 2.24) is 4.98 Å². The van der Waals surface area contributed by atoms with Crippen LogP contribution >= 0.6 is 11.3 Å². The van der Waals surface area contributed by atoms with Crippen LogP contribution in [0.4, 0.5) is 0 Å². The van der Waals surface area contributed by atoms with Crippen molar-refractivity contribution in [2.75, 3.05) is 13.2 Å². The van der Waals surface area contributed by atoms with Gasteiger partial charge in [-0.15, -0.1) is 11.3 Å². The third-order valence-corrected chi connectivity index (χ3v) is 2.89. The fourth-order valence-electron chi connectivity index (χ4n) is 1.23. The molecule has 3 N–H and O–H groups in total. The Morgan fingerprint density at radius 2 is 2.60 bits per heavy atom. The van der Waals surface area contributed by atoms with E-state index in [9.17, 15) is 4.79 Å². The number of hydrogen-bond acceptors (Lipinski definition) is 6. The maximum absolute atomic E-state index is 10.8. The van der Waals surface area contributed by atoms with Crippen molar-refractivity contribution in [3.05, 3.63) is 16.1 Å². The van der Waals surface area contributed by atoms with Crippen molar-refractivity contribution < 1.29 is 19.4 Å². The van der Waals surface area contributed by atoms with Gasteiger partial charge in [0.1, 0.15) is 16.8 Å². The molecule has 1 amide bonds. The molecule has 7 heteroatoms. The molecule has 1 aromatic rings. The monoisotopic (exact) mass is 230 g/mol. The largest absolute Gasteiger partial charge is 0.391 e. The molecule has 2 heterocycles. The van der Waals surface area contributed by atoms with Gasteiger partial charge in [-0.2, -0.15) is 0 Å². The van der Waals surface area contributed by atoms with E-state index in [1.807, 2.05) is 0 Å². The Morgan fingerprint density at radius 1 is 1.80 bits per heavy atom. The van der Waals surface area contributed by atoms with E-state index in [1.54, 1.807) is 5.38 Å². The molecule has 1 aliphatic rings. The topological polar surface area (TPSA) is 94.7 Å². The quantitative estimate of drug-likeness (QED) is 0.740. The summed E-state index contributed by atoms with van der Waals surface area (Å²) in [4.78, 5) is 14.8. The van der Waals surface area contributed by atoms with Crippen LogP contribution in [0.5, 0.6) is 0 Å². The normalized spacial score (nSPS) is 25.7. The average Bonchev–Trinajstić information content (AvgIpc) is 2.86. The van der Waals surface area contributed by atoms with Gasteiger partial charge in [0.2, 0.25) is 0 Å². The van der Waals surface area contributed by atoms with Crippen molar-refractivity contribution in [1.29, 1.82) is 0 Å². The van der Waals surface area contributed by atoms with E-state index in [2.05, 4.69) is 4.98 Å². The molecule has 6 nitrogen and oxygen atoms in total. The van der Waals surface area contributed by atoms with Crippen molar-refractivity contribution in [2.24, 2.45) is 5.73 Å². The molecule has 0 aliphatic carbocycles. The number of primary amides is 1. The second kappa shape index (κ2) is 4.23. The van der Waals surface area contributed by atoms with E-state index in [0.717, 1.165) is 0 Å². The van der Waals surface area contributed by atoms with Gasteiger partial charge in [0.15, 0.2) is 6.29 Å². The van der Waals surface area contributed by atoms with E-state index in [0.29, 0.717) is 11.6 Å². The molecule has 0 radical (unpaired) electrons. The number of nitrogens with two attached hydrogens (primary N) is 1. The predicted molar refractivity (Wildman–Crippen MR) is 51.3 cm³/mol. The summed E-state index contributed by atoms with van der Waals surface area (Å²) in [5.41, 5.74) is 5.30. The molecule has 0 aromatic carbocycles. The Morgan fingerprint density at radius 3 is 3.13 bits per heavy atom. The van der Waals surface area contributed by atoms with E-state index in [-0.39, 0.29) is 18.4 Å². The van der Waals surface area contributed by atoms with Crippen LogP contribution in [0.2, 0.25) is 0 Å². The third kappa shape index (κ3) is 2.15. The third-order valence-electron chi connectivity index (χ3n) is 1.95. The van der Waals surface area contributed by atoms with Crippen molar-refractivity contribution in [3.63, 3.8) is 0 Å². The summed E-state index contributed by atoms with van der Waals surface area (Å²) in [6.07, 6.45) is -0.920. The van der Waals surface area contributed by atoms with Gasteiger partial charge in [-0.25, -0.2) is 4.98 Å². The molecule has 1 fully saturated rings. The van der Waals surface area contributed by atoms with Crippen LogP contribution in [-0.2, 0) is 9.47 Å². The standard InChI is InChI=1S/C8H10N2O4S/c9-7(12)4-3-15-8(10-4)5-2-13-6(1-11)14-5/h3,5-6,11H,1-2H2,(H2,9,12)/t5-,6-/m0/s1.